The predicted octanol–water partition coefficient (Wildman–Crippen LogP) is 0.981. The smallest absolute Gasteiger partial charge is 0.179 e. The van der Waals surface area contributed by atoms with Crippen molar-refractivity contribution in [2.24, 2.45) is 0 Å². The highest BCUT2D eigenvalue weighted by Crippen LogP contribution is 2.24. The molecule has 0 unspecified atom stereocenters. The molecule has 1 aromatic rings. The summed E-state index contributed by atoms with van der Waals surface area (Å²) in [4.78, 5) is 0.204. The van der Waals surface area contributed by atoms with Crippen LogP contribution in [0.5, 0.6) is 5.75 Å². The Morgan fingerprint density at radius 2 is 2.13 bits per heavy atom. The number of hydrogen-bond donors (Lipinski definition) is 2. The zero-order valence-corrected chi connectivity index (χ0v) is 10.0. The number of ether oxygens (including phenoxy) is 1. The van der Waals surface area contributed by atoms with Gasteiger partial charge in [0.2, 0.25) is 0 Å². The summed E-state index contributed by atoms with van der Waals surface area (Å²) in [5.41, 5.74) is 5.93. The Labute approximate surface area is 94.8 Å². The number of rotatable bonds is 4. The fourth-order valence-corrected chi connectivity index (χ4v) is 2.92. The molecule has 0 bridgehead atoms. The van der Waals surface area contributed by atoms with Gasteiger partial charge in [0.15, 0.2) is 9.84 Å². The summed E-state index contributed by atoms with van der Waals surface area (Å²) < 4.78 is 28.2. The molecule has 0 saturated heterocycles. The molecule has 0 radical (unpaired) electrons. The third-order valence-electron chi connectivity index (χ3n) is 1.92. The first-order chi connectivity index (χ1) is 7.01. The molecule has 84 valence electrons. The van der Waals surface area contributed by atoms with Gasteiger partial charge in [-0.05, 0) is 18.2 Å². The van der Waals surface area contributed by atoms with Crippen LogP contribution in [0.3, 0.4) is 0 Å². The van der Waals surface area contributed by atoms with Crippen LogP contribution in [-0.2, 0) is 9.84 Å². The summed E-state index contributed by atoms with van der Waals surface area (Å²) in [7, 11) is -1.79. The lowest BCUT2D eigenvalue weighted by Gasteiger charge is -2.07. The molecule has 0 amide bonds. The van der Waals surface area contributed by atoms with Gasteiger partial charge in [0, 0.05) is 5.75 Å². The van der Waals surface area contributed by atoms with Crippen LogP contribution in [0.2, 0.25) is 0 Å². The molecule has 2 N–H and O–H groups in total. The molecule has 0 saturated carbocycles. The van der Waals surface area contributed by atoms with Crippen molar-refractivity contribution in [1.29, 1.82) is 0 Å². The van der Waals surface area contributed by atoms with E-state index in [4.69, 9.17) is 10.5 Å². The van der Waals surface area contributed by atoms with Crippen LogP contribution in [0.15, 0.2) is 23.1 Å². The van der Waals surface area contributed by atoms with Crippen LogP contribution in [0.1, 0.15) is 0 Å². The van der Waals surface area contributed by atoms with Gasteiger partial charge in [0.25, 0.3) is 0 Å². The molecule has 0 aliphatic carbocycles. The second-order valence-corrected chi connectivity index (χ2v) is 5.50. The van der Waals surface area contributed by atoms with Crippen molar-refractivity contribution in [2.45, 2.75) is 4.90 Å². The second kappa shape index (κ2) is 4.76. The first-order valence-corrected chi connectivity index (χ1v) is 6.57. The van der Waals surface area contributed by atoms with E-state index in [0.717, 1.165) is 0 Å². The van der Waals surface area contributed by atoms with Gasteiger partial charge in [-0.3, -0.25) is 0 Å². The Kier molecular flexibility index (Phi) is 3.87. The van der Waals surface area contributed by atoms with Crippen LogP contribution in [0.25, 0.3) is 0 Å². The lowest BCUT2D eigenvalue weighted by Crippen LogP contribution is -2.08. The van der Waals surface area contributed by atoms with Crippen molar-refractivity contribution < 1.29 is 13.2 Å². The Morgan fingerprint density at radius 1 is 1.47 bits per heavy atom. The summed E-state index contributed by atoms with van der Waals surface area (Å²) in [5, 5.41) is 0. The van der Waals surface area contributed by atoms with Crippen molar-refractivity contribution in [3.8, 4) is 5.75 Å². The van der Waals surface area contributed by atoms with E-state index >= 15 is 0 Å². The Hall–Kier alpha value is -0.880. The zero-order valence-electron chi connectivity index (χ0n) is 8.30. The minimum absolute atomic E-state index is 0.00187. The molecule has 1 rings (SSSR count). The first-order valence-electron chi connectivity index (χ1n) is 4.28. The largest absolute Gasteiger partial charge is 0.495 e. The lowest BCUT2D eigenvalue weighted by molar-refractivity contribution is 0.416. The zero-order chi connectivity index (χ0) is 11.5. The molecule has 15 heavy (non-hydrogen) atoms. The minimum Gasteiger partial charge on any atom is -0.495 e. The fourth-order valence-electron chi connectivity index (χ4n) is 1.14. The molecule has 0 heterocycles. The Balaban J connectivity index is 3.13. The summed E-state index contributed by atoms with van der Waals surface area (Å²) >= 11 is 3.89. The highest BCUT2D eigenvalue weighted by molar-refractivity contribution is 7.92. The molecule has 0 spiro atoms. The standard InChI is InChI=1S/C9H13NO3S2/c1-13-9-3-2-7(6-8(9)10)15(11,12)5-4-14/h2-3,6,14H,4-5,10H2,1H3. The number of hydrogen-bond acceptors (Lipinski definition) is 5. The quantitative estimate of drug-likeness (QED) is 0.615. The van der Waals surface area contributed by atoms with E-state index in [0.29, 0.717) is 11.4 Å². The van der Waals surface area contributed by atoms with E-state index in [1.54, 1.807) is 6.07 Å². The normalized spacial score (nSPS) is 11.3. The molecular formula is C9H13NO3S2. The maximum atomic E-state index is 11.6. The average Bonchev–Trinajstić information content (AvgIpc) is 2.17. The van der Waals surface area contributed by atoms with Crippen LogP contribution < -0.4 is 10.5 Å². The molecule has 0 atom stereocenters. The van der Waals surface area contributed by atoms with E-state index in [9.17, 15) is 8.42 Å². The SMILES string of the molecule is COc1ccc(S(=O)(=O)CCS)cc1N. The maximum Gasteiger partial charge on any atom is 0.179 e. The number of sulfone groups is 1. The van der Waals surface area contributed by atoms with E-state index in [1.807, 2.05) is 0 Å². The third-order valence-corrected chi connectivity index (χ3v) is 4.16. The number of anilines is 1. The second-order valence-electron chi connectivity index (χ2n) is 2.95. The molecule has 0 aliphatic heterocycles. The van der Waals surface area contributed by atoms with E-state index in [1.165, 1.54) is 19.2 Å². The van der Waals surface area contributed by atoms with E-state index < -0.39 is 9.84 Å². The van der Waals surface area contributed by atoms with Gasteiger partial charge in [-0.1, -0.05) is 0 Å². The van der Waals surface area contributed by atoms with Crippen LogP contribution >= 0.6 is 12.6 Å². The van der Waals surface area contributed by atoms with Crippen LogP contribution in [0.4, 0.5) is 5.69 Å². The summed E-state index contributed by atoms with van der Waals surface area (Å²) in [5.74, 6) is 0.760. The summed E-state index contributed by atoms with van der Waals surface area (Å²) in [6, 6.07) is 4.42. The topological polar surface area (TPSA) is 69.4 Å². The van der Waals surface area contributed by atoms with Crippen molar-refractivity contribution in [3.05, 3.63) is 18.2 Å². The molecular weight excluding hydrogens is 234 g/mol. The summed E-state index contributed by atoms with van der Waals surface area (Å²) in [6.45, 7) is 0. The molecule has 0 aliphatic rings. The number of thiol groups is 1. The number of benzene rings is 1. The number of nitrogens with two attached hydrogens (primary N) is 1. The molecule has 0 fully saturated rings. The van der Waals surface area contributed by atoms with Crippen molar-refractivity contribution >= 4 is 28.2 Å². The third kappa shape index (κ3) is 2.79. The maximum absolute atomic E-state index is 11.6. The van der Waals surface area contributed by atoms with Crippen molar-refractivity contribution in [3.63, 3.8) is 0 Å². The van der Waals surface area contributed by atoms with E-state index in [2.05, 4.69) is 12.6 Å². The van der Waals surface area contributed by atoms with E-state index in [-0.39, 0.29) is 16.4 Å². The molecule has 0 aromatic heterocycles. The van der Waals surface area contributed by atoms with Gasteiger partial charge in [-0.2, -0.15) is 12.6 Å². The van der Waals surface area contributed by atoms with Gasteiger partial charge in [-0.15, -0.1) is 0 Å². The molecule has 1 aromatic carbocycles. The Morgan fingerprint density at radius 3 is 2.60 bits per heavy atom. The number of methoxy groups -OCH3 is 1. The minimum atomic E-state index is -3.27. The van der Waals surface area contributed by atoms with Gasteiger partial charge in [0.1, 0.15) is 5.75 Å². The highest BCUT2D eigenvalue weighted by atomic mass is 32.2. The highest BCUT2D eigenvalue weighted by Gasteiger charge is 2.14. The average molecular weight is 247 g/mol. The Bertz CT molecular complexity index is 443. The van der Waals surface area contributed by atoms with Gasteiger partial charge >= 0.3 is 0 Å². The molecule has 6 heteroatoms. The van der Waals surface area contributed by atoms with Gasteiger partial charge in [-0.25, -0.2) is 8.42 Å². The monoisotopic (exact) mass is 247 g/mol. The lowest BCUT2D eigenvalue weighted by atomic mass is 10.3. The van der Waals surface area contributed by atoms with Gasteiger partial charge in [0.05, 0.1) is 23.4 Å². The molecule has 4 nitrogen and oxygen atoms in total. The number of nitrogen functional groups attached to an aromatic ring is 1. The van der Waals surface area contributed by atoms with Crippen molar-refractivity contribution in [2.75, 3.05) is 24.3 Å². The fraction of sp³-hybridized carbons (Fsp3) is 0.333. The van der Waals surface area contributed by atoms with Gasteiger partial charge < -0.3 is 10.5 Å². The predicted molar refractivity (Wildman–Crippen MR) is 63.3 cm³/mol. The van der Waals surface area contributed by atoms with Crippen LogP contribution in [0, 0.1) is 0 Å². The van der Waals surface area contributed by atoms with Crippen molar-refractivity contribution in [1.82, 2.24) is 0 Å². The van der Waals surface area contributed by atoms with Crippen LogP contribution in [-0.4, -0.2) is 27.0 Å². The summed E-state index contributed by atoms with van der Waals surface area (Å²) in [6.07, 6.45) is 0. The first kappa shape index (κ1) is 12.2.